The van der Waals surface area contributed by atoms with Crippen LogP contribution in [-0.2, 0) is 16.6 Å². The quantitative estimate of drug-likeness (QED) is 0.688. The molecule has 0 heterocycles. The van der Waals surface area contributed by atoms with Crippen molar-refractivity contribution in [1.29, 1.82) is 0 Å². The summed E-state index contributed by atoms with van der Waals surface area (Å²) in [6.45, 7) is 0.145. The highest BCUT2D eigenvalue weighted by Crippen LogP contribution is 2.32. The summed E-state index contributed by atoms with van der Waals surface area (Å²) < 4.78 is 28.1. The second-order valence-electron chi connectivity index (χ2n) is 4.27. The fourth-order valence-electron chi connectivity index (χ4n) is 1.73. The Morgan fingerprint density at radius 2 is 1.76 bits per heavy atom. The number of sulfonamides is 1. The van der Waals surface area contributed by atoms with Gasteiger partial charge in [-0.1, -0.05) is 23.7 Å². The molecule has 0 spiro atoms. The van der Waals surface area contributed by atoms with Crippen molar-refractivity contribution in [3.63, 3.8) is 0 Å². The Kier molecular flexibility index (Phi) is 5.32. The highest BCUT2D eigenvalue weighted by atomic mass is 79.9. The summed E-state index contributed by atoms with van der Waals surface area (Å²) in [6.07, 6.45) is 0. The Morgan fingerprint density at radius 3 is 2.33 bits per heavy atom. The smallest absolute Gasteiger partial charge is 0.243 e. The monoisotopic (exact) mass is 452 g/mol. The first-order chi connectivity index (χ1) is 9.79. The maximum absolute atomic E-state index is 12.4. The molecule has 2 rings (SSSR count). The number of hydrogen-bond donors (Lipinski definition) is 2. The standard InChI is InChI=1S/C13H11Br2ClN2O2S/c14-11-5-10(17)6-12(15)13(11)21(19,20)18-7-8-2-1-3-9(16)4-8/h1-6,18H,7,17H2. The van der Waals surface area contributed by atoms with Crippen LogP contribution in [-0.4, -0.2) is 8.42 Å². The van der Waals surface area contributed by atoms with E-state index in [0.29, 0.717) is 19.7 Å². The summed E-state index contributed by atoms with van der Waals surface area (Å²) in [5.41, 5.74) is 6.90. The van der Waals surface area contributed by atoms with Crippen molar-refractivity contribution in [2.45, 2.75) is 11.4 Å². The van der Waals surface area contributed by atoms with Crippen molar-refractivity contribution in [2.75, 3.05) is 5.73 Å². The molecule has 0 saturated carbocycles. The highest BCUT2D eigenvalue weighted by Gasteiger charge is 2.21. The number of nitrogens with two attached hydrogens (primary N) is 1. The summed E-state index contributed by atoms with van der Waals surface area (Å²) in [5, 5.41) is 0.557. The first kappa shape index (κ1) is 16.8. The number of anilines is 1. The third-order valence-corrected chi connectivity index (χ3v) is 6.16. The van der Waals surface area contributed by atoms with E-state index in [0.717, 1.165) is 5.56 Å². The molecule has 0 bridgehead atoms. The fourth-order valence-corrected chi connectivity index (χ4v) is 5.58. The Labute approximate surface area is 145 Å². The molecule has 8 heteroatoms. The molecule has 0 aliphatic rings. The van der Waals surface area contributed by atoms with Gasteiger partial charge in [-0.2, -0.15) is 0 Å². The van der Waals surface area contributed by atoms with Gasteiger partial charge < -0.3 is 5.73 Å². The Bertz CT molecular complexity index is 758. The van der Waals surface area contributed by atoms with Gasteiger partial charge in [0.05, 0.1) is 0 Å². The largest absolute Gasteiger partial charge is 0.399 e. The van der Waals surface area contributed by atoms with Crippen LogP contribution in [0.1, 0.15) is 5.56 Å². The molecule has 0 amide bonds. The van der Waals surface area contributed by atoms with Crippen LogP contribution in [0.5, 0.6) is 0 Å². The van der Waals surface area contributed by atoms with E-state index in [4.69, 9.17) is 17.3 Å². The van der Waals surface area contributed by atoms with Crippen molar-refractivity contribution in [3.8, 4) is 0 Å². The topological polar surface area (TPSA) is 72.2 Å². The van der Waals surface area contributed by atoms with Gasteiger partial charge in [-0.25, -0.2) is 13.1 Å². The molecule has 0 atom stereocenters. The molecule has 0 aliphatic carbocycles. The zero-order chi connectivity index (χ0) is 15.6. The summed E-state index contributed by atoms with van der Waals surface area (Å²) in [5.74, 6) is 0. The minimum atomic E-state index is -3.69. The second-order valence-corrected chi connectivity index (χ2v) is 8.12. The first-order valence-electron chi connectivity index (χ1n) is 5.78. The van der Waals surface area contributed by atoms with Crippen LogP contribution in [0.15, 0.2) is 50.2 Å². The number of nitrogen functional groups attached to an aromatic ring is 1. The zero-order valence-corrected chi connectivity index (χ0v) is 15.4. The molecular weight excluding hydrogens is 443 g/mol. The summed E-state index contributed by atoms with van der Waals surface area (Å²) >= 11 is 12.3. The SMILES string of the molecule is Nc1cc(Br)c(S(=O)(=O)NCc2cccc(Cl)c2)c(Br)c1. The first-order valence-corrected chi connectivity index (χ1v) is 9.23. The third-order valence-electron chi connectivity index (χ3n) is 2.64. The molecule has 0 unspecified atom stereocenters. The van der Waals surface area contributed by atoms with Crippen molar-refractivity contribution in [3.05, 3.63) is 55.9 Å². The minimum absolute atomic E-state index is 0.110. The normalized spacial score (nSPS) is 11.6. The van der Waals surface area contributed by atoms with Gasteiger partial charge >= 0.3 is 0 Å². The molecule has 0 aromatic heterocycles. The molecule has 2 aromatic rings. The summed E-state index contributed by atoms with van der Waals surface area (Å²) in [6, 6.07) is 10.1. The van der Waals surface area contributed by atoms with Crippen LogP contribution in [0.4, 0.5) is 5.69 Å². The predicted molar refractivity (Wildman–Crippen MR) is 91.7 cm³/mol. The van der Waals surface area contributed by atoms with Crippen LogP contribution in [0, 0.1) is 0 Å². The van der Waals surface area contributed by atoms with Gasteiger partial charge in [-0.05, 0) is 61.7 Å². The second kappa shape index (κ2) is 6.66. The minimum Gasteiger partial charge on any atom is -0.399 e. The molecule has 112 valence electrons. The highest BCUT2D eigenvalue weighted by molar-refractivity contribution is 9.11. The number of halogens is 3. The van der Waals surface area contributed by atoms with E-state index in [1.54, 1.807) is 36.4 Å². The summed E-state index contributed by atoms with van der Waals surface area (Å²) in [7, 11) is -3.69. The molecule has 0 saturated heterocycles. The van der Waals surface area contributed by atoms with Crippen molar-refractivity contribution < 1.29 is 8.42 Å². The van der Waals surface area contributed by atoms with Gasteiger partial charge in [0.25, 0.3) is 0 Å². The predicted octanol–water partition coefficient (Wildman–Crippen LogP) is 3.93. The molecule has 0 fully saturated rings. The van der Waals surface area contributed by atoms with Crippen molar-refractivity contribution in [2.24, 2.45) is 0 Å². The average molecular weight is 455 g/mol. The van der Waals surface area contributed by atoms with E-state index < -0.39 is 10.0 Å². The lowest BCUT2D eigenvalue weighted by Crippen LogP contribution is -2.24. The van der Waals surface area contributed by atoms with E-state index in [1.807, 2.05) is 0 Å². The van der Waals surface area contributed by atoms with Gasteiger partial charge in [0.15, 0.2) is 0 Å². The van der Waals surface area contributed by atoms with Crippen LogP contribution in [0.25, 0.3) is 0 Å². The maximum atomic E-state index is 12.4. The summed E-state index contributed by atoms with van der Waals surface area (Å²) in [4.78, 5) is 0.110. The van der Waals surface area contributed by atoms with Gasteiger partial charge in [0.2, 0.25) is 10.0 Å². The van der Waals surface area contributed by atoms with Gasteiger partial charge in [0, 0.05) is 26.2 Å². The van der Waals surface area contributed by atoms with E-state index in [9.17, 15) is 8.42 Å². The Balaban J connectivity index is 2.27. The van der Waals surface area contributed by atoms with Gasteiger partial charge in [0.1, 0.15) is 4.90 Å². The number of nitrogens with one attached hydrogen (secondary N) is 1. The van der Waals surface area contributed by atoms with Crippen LogP contribution < -0.4 is 10.5 Å². The Hall–Kier alpha value is -0.600. The van der Waals surface area contributed by atoms with Crippen LogP contribution in [0.2, 0.25) is 5.02 Å². The average Bonchev–Trinajstić information content (AvgIpc) is 2.35. The Morgan fingerprint density at radius 1 is 1.14 bits per heavy atom. The molecule has 2 aromatic carbocycles. The lowest BCUT2D eigenvalue weighted by molar-refractivity contribution is 0.580. The van der Waals surface area contributed by atoms with Crippen molar-refractivity contribution >= 4 is 59.2 Å². The number of rotatable bonds is 4. The molecule has 3 N–H and O–H groups in total. The molecule has 0 aliphatic heterocycles. The van der Waals surface area contributed by atoms with E-state index in [-0.39, 0.29) is 11.4 Å². The zero-order valence-electron chi connectivity index (χ0n) is 10.6. The molecule has 0 radical (unpaired) electrons. The van der Waals surface area contributed by atoms with Crippen LogP contribution >= 0.6 is 43.5 Å². The van der Waals surface area contributed by atoms with Gasteiger partial charge in [-0.3, -0.25) is 0 Å². The van der Waals surface area contributed by atoms with Gasteiger partial charge in [-0.15, -0.1) is 0 Å². The number of hydrogen-bond acceptors (Lipinski definition) is 3. The molecule has 21 heavy (non-hydrogen) atoms. The van der Waals surface area contributed by atoms with E-state index in [1.165, 1.54) is 0 Å². The van der Waals surface area contributed by atoms with E-state index in [2.05, 4.69) is 36.6 Å². The lowest BCUT2D eigenvalue weighted by atomic mass is 10.2. The molecule has 4 nitrogen and oxygen atoms in total. The maximum Gasteiger partial charge on any atom is 0.243 e. The van der Waals surface area contributed by atoms with Crippen LogP contribution in [0.3, 0.4) is 0 Å². The van der Waals surface area contributed by atoms with Crippen molar-refractivity contribution in [1.82, 2.24) is 4.72 Å². The fraction of sp³-hybridized carbons (Fsp3) is 0.0769. The number of benzene rings is 2. The van der Waals surface area contributed by atoms with E-state index >= 15 is 0 Å². The lowest BCUT2D eigenvalue weighted by Gasteiger charge is -2.11. The third kappa shape index (κ3) is 4.20. The molecular formula is C13H11Br2ClN2O2S.